The molecule has 1 N–H and O–H groups in total. The highest BCUT2D eigenvalue weighted by molar-refractivity contribution is 5.98. The van der Waals surface area contributed by atoms with Gasteiger partial charge in [-0.3, -0.25) is 14.4 Å². The Labute approximate surface area is 148 Å². The Morgan fingerprint density at radius 3 is 2.36 bits per heavy atom. The minimum absolute atomic E-state index is 0.0775. The summed E-state index contributed by atoms with van der Waals surface area (Å²) in [5.74, 6) is 0.530. The van der Waals surface area contributed by atoms with E-state index in [1.54, 1.807) is 24.3 Å². The van der Waals surface area contributed by atoms with Crippen LogP contribution in [-0.4, -0.2) is 48.7 Å². The maximum absolute atomic E-state index is 12.1. The van der Waals surface area contributed by atoms with E-state index in [1.165, 1.54) is 0 Å². The third-order valence-corrected chi connectivity index (χ3v) is 4.19. The number of likely N-dealkylation sites (tertiary alicyclic amines) is 1. The van der Waals surface area contributed by atoms with Crippen LogP contribution < -0.4 is 10.1 Å². The minimum Gasteiger partial charge on any atom is -0.494 e. The number of Topliss-reactive ketones (excluding diaryl/α,β-unsaturated/α-hetero) is 1. The summed E-state index contributed by atoms with van der Waals surface area (Å²) in [7, 11) is 0. The number of carbonyl (C=O) groups is 3. The molecule has 1 fully saturated rings. The van der Waals surface area contributed by atoms with E-state index in [-0.39, 0.29) is 30.4 Å². The van der Waals surface area contributed by atoms with Gasteiger partial charge in [-0.05, 0) is 44.0 Å². The Kier molecular flexibility index (Phi) is 7.44. The summed E-state index contributed by atoms with van der Waals surface area (Å²) in [6, 6.07) is 6.92. The minimum atomic E-state index is -0.200. The summed E-state index contributed by atoms with van der Waals surface area (Å²) in [5, 5.41) is 2.71. The lowest BCUT2D eigenvalue weighted by Crippen LogP contribution is -2.32. The van der Waals surface area contributed by atoms with Crippen molar-refractivity contribution >= 4 is 17.6 Å². The van der Waals surface area contributed by atoms with E-state index >= 15 is 0 Å². The lowest BCUT2D eigenvalue weighted by atomic mass is 10.1. The third kappa shape index (κ3) is 6.21. The summed E-state index contributed by atoms with van der Waals surface area (Å²) in [5.41, 5.74) is 0.570. The van der Waals surface area contributed by atoms with Gasteiger partial charge in [0.2, 0.25) is 11.8 Å². The number of hydrogen-bond donors (Lipinski definition) is 1. The number of rotatable bonds is 9. The van der Waals surface area contributed by atoms with Crippen LogP contribution in [0.25, 0.3) is 0 Å². The Morgan fingerprint density at radius 2 is 1.72 bits per heavy atom. The van der Waals surface area contributed by atoms with Crippen LogP contribution in [0, 0.1) is 0 Å². The van der Waals surface area contributed by atoms with Crippen LogP contribution in [0.2, 0.25) is 0 Å². The van der Waals surface area contributed by atoms with Crippen molar-refractivity contribution in [2.75, 3.05) is 26.2 Å². The molecule has 0 radical (unpaired) electrons. The molecule has 1 heterocycles. The van der Waals surface area contributed by atoms with Gasteiger partial charge in [0.25, 0.3) is 0 Å². The van der Waals surface area contributed by atoms with Gasteiger partial charge in [0, 0.05) is 44.5 Å². The molecule has 136 valence electrons. The van der Waals surface area contributed by atoms with E-state index in [1.807, 2.05) is 11.8 Å². The Balaban J connectivity index is 1.65. The number of nitrogens with one attached hydrogen (secondary N) is 1. The van der Waals surface area contributed by atoms with Gasteiger partial charge >= 0.3 is 0 Å². The van der Waals surface area contributed by atoms with Crippen molar-refractivity contribution in [3.63, 3.8) is 0 Å². The first kappa shape index (κ1) is 19.0. The quantitative estimate of drug-likeness (QED) is 0.696. The van der Waals surface area contributed by atoms with Crippen molar-refractivity contribution < 1.29 is 19.1 Å². The smallest absolute Gasteiger partial charge is 0.224 e. The summed E-state index contributed by atoms with van der Waals surface area (Å²) in [6.45, 7) is 4.45. The first-order valence-corrected chi connectivity index (χ1v) is 8.90. The van der Waals surface area contributed by atoms with Crippen LogP contribution in [-0.2, 0) is 9.59 Å². The Morgan fingerprint density at radius 1 is 1.04 bits per heavy atom. The predicted octanol–water partition coefficient (Wildman–Crippen LogP) is 2.18. The summed E-state index contributed by atoms with van der Waals surface area (Å²) in [6.07, 6.45) is 2.72. The average molecular weight is 346 g/mol. The van der Waals surface area contributed by atoms with E-state index in [4.69, 9.17) is 4.74 Å². The number of nitrogens with zero attached hydrogens (tertiary/aromatic N) is 1. The van der Waals surface area contributed by atoms with Gasteiger partial charge in [0.15, 0.2) is 5.78 Å². The fourth-order valence-electron chi connectivity index (χ4n) is 2.80. The Bertz CT molecular complexity index is 592. The summed E-state index contributed by atoms with van der Waals surface area (Å²) < 4.78 is 5.33. The highest BCUT2D eigenvalue weighted by Crippen LogP contribution is 2.14. The molecule has 1 saturated heterocycles. The fourth-order valence-corrected chi connectivity index (χ4v) is 2.80. The van der Waals surface area contributed by atoms with Crippen molar-refractivity contribution in [1.29, 1.82) is 0 Å². The largest absolute Gasteiger partial charge is 0.494 e. The van der Waals surface area contributed by atoms with Crippen LogP contribution in [0.15, 0.2) is 24.3 Å². The monoisotopic (exact) mass is 346 g/mol. The molecule has 2 rings (SSSR count). The van der Waals surface area contributed by atoms with Gasteiger partial charge in [-0.15, -0.1) is 0 Å². The molecule has 0 saturated carbocycles. The highest BCUT2D eigenvalue weighted by Gasteiger charge is 2.17. The van der Waals surface area contributed by atoms with Gasteiger partial charge in [-0.2, -0.15) is 0 Å². The maximum Gasteiger partial charge on any atom is 0.224 e. The maximum atomic E-state index is 12.1. The number of ketones is 1. The molecule has 1 aliphatic heterocycles. The van der Waals surface area contributed by atoms with E-state index < -0.39 is 0 Å². The van der Waals surface area contributed by atoms with E-state index in [0.29, 0.717) is 25.1 Å². The molecule has 0 atom stereocenters. The number of benzene rings is 1. The highest BCUT2D eigenvalue weighted by atomic mass is 16.5. The van der Waals surface area contributed by atoms with E-state index in [2.05, 4.69) is 5.32 Å². The van der Waals surface area contributed by atoms with Crippen molar-refractivity contribution in [3.8, 4) is 5.75 Å². The Hall–Kier alpha value is -2.37. The van der Waals surface area contributed by atoms with Gasteiger partial charge < -0.3 is 15.0 Å². The molecule has 2 amide bonds. The van der Waals surface area contributed by atoms with E-state index in [0.717, 1.165) is 31.7 Å². The van der Waals surface area contributed by atoms with Gasteiger partial charge in [0.1, 0.15) is 5.75 Å². The molecule has 1 aliphatic rings. The molecule has 0 spiro atoms. The lowest BCUT2D eigenvalue weighted by Gasteiger charge is -2.15. The SMILES string of the molecule is CCOc1ccc(C(=O)CCC(=O)NCCC(=O)N2CCCC2)cc1. The average Bonchev–Trinajstić information content (AvgIpc) is 3.15. The van der Waals surface area contributed by atoms with Crippen LogP contribution in [0.4, 0.5) is 0 Å². The first-order chi connectivity index (χ1) is 12.1. The van der Waals surface area contributed by atoms with Crippen LogP contribution in [0.3, 0.4) is 0 Å². The van der Waals surface area contributed by atoms with Crippen LogP contribution in [0.5, 0.6) is 5.75 Å². The second-order valence-electron chi connectivity index (χ2n) is 6.07. The first-order valence-electron chi connectivity index (χ1n) is 8.90. The zero-order valence-corrected chi connectivity index (χ0v) is 14.8. The standard InChI is InChI=1S/C19H26N2O4/c1-2-25-16-7-5-15(6-8-16)17(22)9-10-18(23)20-12-11-19(24)21-13-3-4-14-21/h5-8H,2-4,9-14H2,1H3,(H,20,23). The second kappa shape index (κ2) is 9.81. The van der Waals surface area contributed by atoms with Gasteiger partial charge in [-0.1, -0.05) is 0 Å². The zero-order chi connectivity index (χ0) is 18.1. The van der Waals surface area contributed by atoms with Gasteiger partial charge in [-0.25, -0.2) is 0 Å². The van der Waals surface area contributed by atoms with Crippen LogP contribution >= 0.6 is 0 Å². The lowest BCUT2D eigenvalue weighted by molar-refractivity contribution is -0.130. The molecule has 6 nitrogen and oxygen atoms in total. The number of amides is 2. The van der Waals surface area contributed by atoms with E-state index in [9.17, 15) is 14.4 Å². The normalized spacial score (nSPS) is 13.6. The molecule has 25 heavy (non-hydrogen) atoms. The molecule has 1 aromatic carbocycles. The number of ether oxygens (including phenoxy) is 1. The topological polar surface area (TPSA) is 75.7 Å². The molecule has 6 heteroatoms. The summed E-state index contributed by atoms with van der Waals surface area (Å²) >= 11 is 0. The predicted molar refractivity (Wildman–Crippen MR) is 94.6 cm³/mol. The molecular weight excluding hydrogens is 320 g/mol. The number of hydrogen-bond acceptors (Lipinski definition) is 4. The van der Waals surface area contributed by atoms with Crippen molar-refractivity contribution in [2.24, 2.45) is 0 Å². The third-order valence-electron chi connectivity index (χ3n) is 4.19. The molecule has 1 aromatic rings. The number of carbonyl (C=O) groups excluding carboxylic acids is 3. The van der Waals surface area contributed by atoms with Crippen molar-refractivity contribution in [3.05, 3.63) is 29.8 Å². The fraction of sp³-hybridized carbons (Fsp3) is 0.526. The summed E-state index contributed by atoms with van der Waals surface area (Å²) in [4.78, 5) is 37.6. The molecule has 0 unspecified atom stereocenters. The molecule has 0 aliphatic carbocycles. The molecule has 0 bridgehead atoms. The van der Waals surface area contributed by atoms with Crippen molar-refractivity contribution in [2.45, 2.75) is 39.0 Å². The molecule has 0 aromatic heterocycles. The van der Waals surface area contributed by atoms with Crippen molar-refractivity contribution in [1.82, 2.24) is 10.2 Å². The van der Waals surface area contributed by atoms with Crippen LogP contribution in [0.1, 0.15) is 49.4 Å². The van der Waals surface area contributed by atoms with Gasteiger partial charge in [0.05, 0.1) is 6.61 Å². The molecular formula is C19H26N2O4. The zero-order valence-electron chi connectivity index (χ0n) is 14.8. The second-order valence-corrected chi connectivity index (χ2v) is 6.07.